The van der Waals surface area contributed by atoms with Crippen LogP contribution in [0.25, 0.3) is 111 Å². The average molecular weight is 737 g/mol. The third-order valence-corrected chi connectivity index (χ3v) is 11.3. The number of rotatable bonds is 6. The molecule has 4 heteroatoms. The largest absolute Gasteiger partial charge is 0.208 e. The number of fused-ring (bicyclic) bond motifs is 4. The first kappa shape index (κ1) is 33.3. The van der Waals surface area contributed by atoms with E-state index in [0.29, 0.717) is 23.0 Å². The molecule has 0 bridgehead atoms. The van der Waals surface area contributed by atoms with E-state index in [-0.39, 0.29) is 0 Å². The van der Waals surface area contributed by atoms with E-state index in [1.807, 2.05) is 72.8 Å². The molecule has 11 rings (SSSR count). The standard InChI is InChI=1S/C54H32N4/c55-33-41-30-37(44-21-6-7-22-45(44)40-31-38-18-12-25-48-46-23-8-9-24-47(46)50(32-40)51(38)48)27-28-42(41)36-17-10-19-39(29-36)53-56-52(35-14-2-1-3-15-35)57-54(58-53)49-26-11-16-34-13-4-5-20-43(34)49/h1-32H. The fourth-order valence-corrected chi connectivity index (χ4v) is 8.60. The highest BCUT2D eigenvalue weighted by atomic mass is 15.0. The van der Waals surface area contributed by atoms with E-state index in [4.69, 9.17) is 15.0 Å². The summed E-state index contributed by atoms with van der Waals surface area (Å²) in [6.45, 7) is 0. The molecule has 0 atom stereocenters. The first-order chi connectivity index (χ1) is 28.7. The predicted octanol–water partition coefficient (Wildman–Crippen LogP) is 13.7. The maximum absolute atomic E-state index is 10.6. The smallest absolute Gasteiger partial charge is 0.164 e. The Morgan fingerprint density at radius 2 is 0.862 bits per heavy atom. The maximum Gasteiger partial charge on any atom is 0.164 e. The van der Waals surface area contributed by atoms with Gasteiger partial charge in [0.15, 0.2) is 17.5 Å². The molecule has 0 saturated carbocycles. The second kappa shape index (κ2) is 13.6. The van der Waals surface area contributed by atoms with Gasteiger partial charge in [-0.15, -0.1) is 0 Å². The van der Waals surface area contributed by atoms with E-state index >= 15 is 0 Å². The second-order valence-electron chi connectivity index (χ2n) is 14.7. The highest BCUT2D eigenvalue weighted by Crippen LogP contribution is 2.49. The van der Waals surface area contributed by atoms with Crippen molar-refractivity contribution in [2.24, 2.45) is 0 Å². The van der Waals surface area contributed by atoms with Gasteiger partial charge < -0.3 is 0 Å². The lowest BCUT2D eigenvalue weighted by Gasteiger charge is -2.14. The third kappa shape index (κ3) is 5.57. The first-order valence-electron chi connectivity index (χ1n) is 19.4. The summed E-state index contributed by atoms with van der Waals surface area (Å²) < 4.78 is 0. The molecule has 58 heavy (non-hydrogen) atoms. The van der Waals surface area contributed by atoms with Gasteiger partial charge in [0.1, 0.15) is 0 Å². The van der Waals surface area contributed by atoms with E-state index in [1.165, 1.54) is 33.0 Å². The number of aromatic nitrogens is 3. The highest BCUT2D eigenvalue weighted by Gasteiger charge is 2.23. The lowest BCUT2D eigenvalue weighted by atomic mass is 9.89. The minimum Gasteiger partial charge on any atom is -0.208 e. The van der Waals surface area contributed by atoms with E-state index in [2.05, 4.69) is 127 Å². The molecule has 1 aliphatic rings. The molecule has 1 aromatic heterocycles. The summed E-state index contributed by atoms with van der Waals surface area (Å²) in [6.07, 6.45) is 0. The lowest BCUT2D eigenvalue weighted by Crippen LogP contribution is -2.00. The van der Waals surface area contributed by atoms with Crippen LogP contribution in [0.15, 0.2) is 194 Å². The van der Waals surface area contributed by atoms with Crippen LogP contribution in [0.2, 0.25) is 0 Å². The molecule has 4 nitrogen and oxygen atoms in total. The van der Waals surface area contributed by atoms with Crippen molar-refractivity contribution >= 4 is 21.5 Å². The van der Waals surface area contributed by atoms with Crippen molar-refractivity contribution in [3.63, 3.8) is 0 Å². The maximum atomic E-state index is 10.6. The van der Waals surface area contributed by atoms with Crippen molar-refractivity contribution in [1.82, 2.24) is 15.0 Å². The first-order valence-corrected chi connectivity index (χ1v) is 19.4. The van der Waals surface area contributed by atoms with Crippen LogP contribution < -0.4 is 0 Å². The van der Waals surface area contributed by atoms with Gasteiger partial charge >= 0.3 is 0 Å². The zero-order valence-electron chi connectivity index (χ0n) is 31.3. The Kier molecular flexibility index (Phi) is 7.84. The monoisotopic (exact) mass is 736 g/mol. The van der Waals surface area contributed by atoms with Gasteiger partial charge in [-0.3, -0.25) is 0 Å². The fourth-order valence-electron chi connectivity index (χ4n) is 8.60. The van der Waals surface area contributed by atoms with Crippen LogP contribution in [-0.2, 0) is 0 Å². The summed E-state index contributed by atoms with van der Waals surface area (Å²) in [4.78, 5) is 15.1. The van der Waals surface area contributed by atoms with Crippen LogP contribution in [0.1, 0.15) is 5.56 Å². The minimum atomic E-state index is 0.566. The van der Waals surface area contributed by atoms with Gasteiger partial charge in [-0.25, -0.2) is 15.0 Å². The number of hydrogen-bond donors (Lipinski definition) is 0. The molecule has 10 aromatic rings. The SMILES string of the molecule is N#Cc1cc(-c2ccccc2-c2cc3c4c(cccc4c2)-c2ccccc2-3)ccc1-c1cccc(-c2nc(-c3ccccc3)nc(-c3cccc4ccccc34)n2)c1. The van der Waals surface area contributed by atoms with Crippen molar-refractivity contribution in [3.05, 3.63) is 200 Å². The van der Waals surface area contributed by atoms with E-state index in [9.17, 15) is 5.26 Å². The van der Waals surface area contributed by atoms with Crippen LogP contribution >= 0.6 is 0 Å². The van der Waals surface area contributed by atoms with Gasteiger partial charge in [0.2, 0.25) is 0 Å². The van der Waals surface area contributed by atoms with Gasteiger partial charge in [0, 0.05) is 16.7 Å². The molecule has 0 spiro atoms. The molecule has 0 amide bonds. The van der Waals surface area contributed by atoms with E-state index in [1.54, 1.807) is 0 Å². The minimum absolute atomic E-state index is 0.566. The Morgan fingerprint density at radius 3 is 1.67 bits per heavy atom. The Balaban J connectivity index is 1.000. The third-order valence-electron chi connectivity index (χ3n) is 11.3. The molecule has 0 aliphatic heterocycles. The van der Waals surface area contributed by atoms with Crippen LogP contribution in [0.5, 0.6) is 0 Å². The Hall–Kier alpha value is -8.00. The molecule has 268 valence electrons. The average Bonchev–Trinajstić information content (AvgIpc) is 3.63. The molecule has 0 N–H and O–H groups in total. The predicted molar refractivity (Wildman–Crippen MR) is 237 cm³/mol. The molecular formula is C54H32N4. The molecule has 9 aromatic carbocycles. The number of nitriles is 1. The summed E-state index contributed by atoms with van der Waals surface area (Å²) >= 11 is 0. The Labute approximate surface area is 336 Å². The topological polar surface area (TPSA) is 62.5 Å². The van der Waals surface area contributed by atoms with Crippen LogP contribution in [0.4, 0.5) is 0 Å². The van der Waals surface area contributed by atoms with Crippen LogP contribution in [-0.4, -0.2) is 15.0 Å². The summed E-state index contributed by atoms with van der Waals surface area (Å²) in [6, 6.07) is 69.8. The number of hydrogen-bond acceptors (Lipinski definition) is 4. The van der Waals surface area contributed by atoms with Gasteiger partial charge in [-0.2, -0.15) is 5.26 Å². The van der Waals surface area contributed by atoms with Crippen molar-refractivity contribution in [1.29, 1.82) is 5.26 Å². The molecule has 1 heterocycles. The molecule has 0 radical (unpaired) electrons. The zero-order chi connectivity index (χ0) is 38.6. The van der Waals surface area contributed by atoms with Crippen molar-refractivity contribution in [2.45, 2.75) is 0 Å². The highest BCUT2D eigenvalue weighted by molar-refractivity contribution is 6.16. The van der Waals surface area contributed by atoms with Crippen molar-refractivity contribution in [3.8, 4) is 95.9 Å². The number of benzene rings is 9. The van der Waals surface area contributed by atoms with Gasteiger partial charge in [-0.05, 0) is 101 Å². The molecule has 0 unspecified atom stereocenters. The van der Waals surface area contributed by atoms with Gasteiger partial charge in [-0.1, -0.05) is 170 Å². The zero-order valence-corrected chi connectivity index (χ0v) is 31.3. The quantitative estimate of drug-likeness (QED) is 0.170. The summed E-state index contributed by atoms with van der Waals surface area (Å²) in [5.41, 5.74) is 14.5. The molecule has 0 saturated heterocycles. The molecule has 0 fully saturated rings. The molecule has 1 aliphatic carbocycles. The van der Waals surface area contributed by atoms with Crippen LogP contribution in [0, 0.1) is 11.3 Å². The summed E-state index contributed by atoms with van der Waals surface area (Å²) in [5.74, 6) is 1.78. The van der Waals surface area contributed by atoms with Gasteiger partial charge in [0.25, 0.3) is 0 Å². The van der Waals surface area contributed by atoms with E-state index in [0.717, 1.165) is 60.8 Å². The van der Waals surface area contributed by atoms with Crippen molar-refractivity contribution in [2.75, 3.05) is 0 Å². The second-order valence-corrected chi connectivity index (χ2v) is 14.7. The Morgan fingerprint density at radius 1 is 0.310 bits per heavy atom. The molecular weight excluding hydrogens is 705 g/mol. The van der Waals surface area contributed by atoms with Crippen LogP contribution in [0.3, 0.4) is 0 Å². The van der Waals surface area contributed by atoms with Crippen molar-refractivity contribution < 1.29 is 0 Å². The number of nitrogens with zero attached hydrogens (tertiary/aromatic N) is 4. The summed E-state index contributed by atoms with van der Waals surface area (Å²) in [7, 11) is 0. The summed E-state index contributed by atoms with van der Waals surface area (Å²) in [5, 5.41) is 15.4. The lowest BCUT2D eigenvalue weighted by molar-refractivity contribution is 1.08. The Bertz CT molecular complexity index is 3300. The van der Waals surface area contributed by atoms with E-state index < -0.39 is 0 Å². The fraction of sp³-hybridized carbons (Fsp3) is 0. The normalized spacial score (nSPS) is 11.4. The van der Waals surface area contributed by atoms with Gasteiger partial charge in [0.05, 0.1) is 11.6 Å².